The van der Waals surface area contributed by atoms with E-state index in [1.165, 1.54) is 19.2 Å². The summed E-state index contributed by atoms with van der Waals surface area (Å²) in [6, 6.07) is 8.52. The Kier molecular flexibility index (Phi) is 4.32. The molecule has 1 atom stereocenters. The molecule has 1 heterocycles. The molecule has 0 aliphatic rings. The van der Waals surface area contributed by atoms with Crippen LogP contribution in [-0.4, -0.2) is 15.5 Å². The van der Waals surface area contributed by atoms with Gasteiger partial charge in [-0.05, 0) is 36.6 Å². The fourth-order valence-corrected chi connectivity index (χ4v) is 3.09. The van der Waals surface area contributed by atoms with Crippen LogP contribution in [0.1, 0.15) is 17.8 Å². The summed E-state index contributed by atoms with van der Waals surface area (Å²) in [5, 5.41) is 10.4. The maximum Gasteiger partial charge on any atom is 0.238 e. The lowest BCUT2D eigenvalue weighted by molar-refractivity contribution is 0.415. The number of anilines is 1. The second kappa shape index (κ2) is 5.82. The van der Waals surface area contributed by atoms with E-state index in [9.17, 15) is 8.42 Å². The number of ether oxygens (including phenoxy) is 1. The van der Waals surface area contributed by atoms with Gasteiger partial charge in [0.15, 0.2) is 0 Å². The number of sulfonamides is 1. The van der Waals surface area contributed by atoms with Crippen LogP contribution in [0, 0.1) is 0 Å². The third-order valence-electron chi connectivity index (χ3n) is 2.84. The summed E-state index contributed by atoms with van der Waals surface area (Å²) in [7, 11) is -2.20. The molecular formula is C13H16N2O3S2. The Morgan fingerprint density at radius 2 is 2.10 bits per heavy atom. The summed E-state index contributed by atoms with van der Waals surface area (Å²) in [6.45, 7) is 1.99. The first kappa shape index (κ1) is 14.8. The van der Waals surface area contributed by atoms with Gasteiger partial charge in [0.25, 0.3) is 0 Å². The third kappa shape index (κ3) is 3.30. The van der Waals surface area contributed by atoms with Crippen molar-refractivity contribution in [2.75, 3.05) is 12.4 Å². The van der Waals surface area contributed by atoms with E-state index in [0.717, 1.165) is 4.88 Å². The largest absolute Gasteiger partial charge is 0.495 e. The third-order valence-corrected chi connectivity index (χ3v) is 4.81. The van der Waals surface area contributed by atoms with Crippen molar-refractivity contribution < 1.29 is 13.2 Å². The summed E-state index contributed by atoms with van der Waals surface area (Å²) >= 11 is 1.63. The van der Waals surface area contributed by atoms with Gasteiger partial charge in [-0.1, -0.05) is 6.07 Å². The number of hydrogen-bond donors (Lipinski definition) is 2. The molecule has 0 bridgehead atoms. The summed E-state index contributed by atoms with van der Waals surface area (Å²) in [5.41, 5.74) is 0.597. The van der Waals surface area contributed by atoms with Crippen molar-refractivity contribution >= 4 is 27.0 Å². The Morgan fingerprint density at radius 3 is 2.65 bits per heavy atom. The zero-order valence-corrected chi connectivity index (χ0v) is 12.8. The minimum atomic E-state index is -3.73. The molecule has 0 spiro atoms. The smallest absolute Gasteiger partial charge is 0.238 e. The molecule has 108 valence electrons. The van der Waals surface area contributed by atoms with Crippen LogP contribution in [0.25, 0.3) is 0 Å². The van der Waals surface area contributed by atoms with Gasteiger partial charge in [0.2, 0.25) is 10.0 Å². The first-order valence-electron chi connectivity index (χ1n) is 5.92. The fraction of sp³-hybridized carbons (Fsp3) is 0.231. The number of nitrogens with one attached hydrogen (secondary N) is 1. The number of benzene rings is 1. The first-order valence-corrected chi connectivity index (χ1v) is 8.35. The van der Waals surface area contributed by atoms with Crippen LogP contribution >= 0.6 is 11.3 Å². The molecule has 20 heavy (non-hydrogen) atoms. The van der Waals surface area contributed by atoms with E-state index in [1.54, 1.807) is 17.4 Å². The Morgan fingerprint density at radius 1 is 1.35 bits per heavy atom. The van der Waals surface area contributed by atoms with Crippen molar-refractivity contribution in [2.45, 2.75) is 17.9 Å². The number of methoxy groups -OCH3 is 1. The minimum absolute atomic E-state index is 0.0413. The lowest BCUT2D eigenvalue weighted by Gasteiger charge is -2.17. The summed E-state index contributed by atoms with van der Waals surface area (Å²) in [5.74, 6) is 0.570. The minimum Gasteiger partial charge on any atom is -0.495 e. The zero-order valence-electron chi connectivity index (χ0n) is 11.2. The van der Waals surface area contributed by atoms with Gasteiger partial charge >= 0.3 is 0 Å². The Hall–Kier alpha value is -1.57. The average molecular weight is 312 g/mol. The highest BCUT2D eigenvalue weighted by Crippen LogP contribution is 2.31. The van der Waals surface area contributed by atoms with E-state index in [1.807, 2.05) is 24.4 Å². The van der Waals surface area contributed by atoms with Crippen LogP contribution in [0.15, 0.2) is 40.6 Å². The maximum absolute atomic E-state index is 11.4. The molecule has 5 nitrogen and oxygen atoms in total. The molecule has 7 heteroatoms. The Bertz CT molecular complexity index is 682. The lowest BCUT2D eigenvalue weighted by atomic mass is 10.2. The molecule has 3 N–H and O–H groups in total. The van der Waals surface area contributed by atoms with E-state index < -0.39 is 10.0 Å². The average Bonchev–Trinajstić information content (AvgIpc) is 2.91. The molecule has 0 aliphatic heterocycles. The standard InChI is InChI=1S/C13H16N2O3S2/c1-9(13-4-3-7-19-13)15-11-8-10(20(14,16)17)5-6-12(11)18-2/h3-9,15H,1-2H3,(H2,14,16,17). The molecule has 0 radical (unpaired) electrons. The normalized spacial score (nSPS) is 12.9. The van der Waals surface area contributed by atoms with Gasteiger partial charge in [-0.15, -0.1) is 11.3 Å². The van der Waals surface area contributed by atoms with Gasteiger partial charge in [0.1, 0.15) is 5.75 Å². The van der Waals surface area contributed by atoms with Gasteiger partial charge < -0.3 is 10.1 Å². The fourth-order valence-electron chi connectivity index (χ4n) is 1.82. The second-order valence-corrected chi connectivity index (χ2v) is 6.83. The molecule has 0 saturated heterocycles. The second-order valence-electron chi connectivity index (χ2n) is 4.29. The number of nitrogens with two attached hydrogens (primary N) is 1. The SMILES string of the molecule is COc1ccc(S(N)(=O)=O)cc1NC(C)c1cccs1. The number of rotatable bonds is 5. The summed E-state index contributed by atoms with van der Waals surface area (Å²) in [6.07, 6.45) is 0. The van der Waals surface area contributed by atoms with Crippen molar-refractivity contribution in [3.8, 4) is 5.75 Å². The van der Waals surface area contributed by atoms with E-state index in [-0.39, 0.29) is 10.9 Å². The first-order chi connectivity index (χ1) is 9.41. The van der Waals surface area contributed by atoms with E-state index >= 15 is 0 Å². The van der Waals surface area contributed by atoms with Crippen LogP contribution in [0.2, 0.25) is 0 Å². The predicted molar refractivity (Wildman–Crippen MR) is 80.7 cm³/mol. The van der Waals surface area contributed by atoms with Crippen molar-refractivity contribution in [3.63, 3.8) is 0 Å². The number of primary sulfonamides is 1. The van der Waals surface area contributed by atoms with Crippen LogP contribution in [0.5, 0.6) is 5.75 Å². The van der Waals surface area contributed by atoms with Crippen LogP contribution in [0.4, 0.5) is 5.69 Å². The van der Waals surface area contributed by atoms with Crippen LogP contribution < -0.4 is 15.2 Å². The van der Waals surface area contributed by atoms with Gasteiger partial charge in [-0.25, -0.2) is 13.6 Å². The van der Waals surface area contributed by atoms with Gasteiger partial charge in [-0.2, -0.15) is 0 Å². The van der Waals surface area contributed by atoms with Crippen molar-refractivity contribution in [1.29, 1.82) is 0 Å². The van der Waals surface area contributed by atoms with Crippen LogP contribution in [-0.2, 0) is 10.0 Å². The molecule has 0 aliphatic carbocycles. The monoisotopic (exact) mass is 312 g/mol. The van der Waals surface area contributed by atoms with Gasteiger partial charge in [0, 0.05) is 4.88 Å². The van der Waals surface area contributed by atoms with Gasteiger partial charge in [0.05, 0.1) is 23.7 Å². The molecule has 2 aromatic rings. The highest BCUT2D eigenvalue weighted by Gasteiger charge is 2.14. The lowest BCUT2D eigenvalue weighted by Crippen LogP contribution is -2.13. The summed E-state index contributed by atoms with van der Waals surface area (Å²) < 4.78 is 28.1. The maximum atomic E-state index is 11.4. The zero-order chi connectivity index (χ0) is 14.8. The summed E-state index contributed by atoms with van der Waals surface area (Å²) in [4.78, 5) is 1.20. The molecular weight excluding hydrogens is 296 g/mol. The van der Waals surface area contributed by atoms with E-state index in [4.69, 9.17) is 9.88 Å². The van der Waals surface area contributed by atoms with Crippen molar-refractivity contribution in [2.24, 2.45) is 5.14 Å². The van der Waals surface area contributed by atoms with E-state index in [0.29, 0.717) is 11.4 Å². The highest BCUT2D eigenvalue weighted by molar-refractivity contribution is 7.89. The number of hydrogen-bond acceptors (Lipinski definition) is 5. The van der Waals surface area contributed by atoms with Gasteiger partial charge in [-0.3, -0.25) is 0 Å². The molecule has 0 fully saturated rings. The van der Waals surface area contributed by atoms with E-state index in [2.05, 4.69) is 5.32 Å². The molecule has 1 aromatic heterocycles. The molecule has 1 aromatic carbocycles. The van der Waals surface area contributed by atoms with Crippen LogP contribution in [0.3, 0.4) is 0 Å². The highest BCUT2D eigenvalue weighted by atomic mass is 32.2. The predicted octanol–water partition coefficient (Wildman–Crippen LogP) is 2.58. The van der Waals surface area contributed by atoms with Crippen molar-refractivity contribution in [1.82, 2.24) is 0 Å². The van der Waals surface area contributed by atoms with Crippen molar-refractivity contribution in [3.05, 3.63) is 40.6 Å². The Labute approximate surface area is 122 Å². The quantitative estimate of drug-likeness (QED) is 0.889. The molecule has 1 unspecified atom stereocenters. The Balaban J connectivity index is 2.34. The molecule has 0 amide bonds. The number of thiophene rings is 1. The topological polar surface area (TPSA) is 81.4 Å². The molecule has 2 rings (SSSR count). The molecule has 0 saturated carbocycles.